The van der Waals surface area contributed by atoms with E-state index in [-0.39, 0.29) is 13.0 Å². The number of alkyl halides is 3. The summed E-state index contributed by atoms with van der Waals surface area (Å²) >= 11 is 3.43. The second-order valence-electron chi connectivity index (χ2n) is 4.71. The first-order valence-corrected chi connectivity index (χ1v) is 6.78. The fourth-order valence-electron chi connectivity index (χ4n) is 2.33. The quantitative estimate of drug-likeness (QED) is 0.788. The number of hydrogen-bond acceptors (Lipinski definition) is 1. The molecule has 1 fully saturated rings. The molecular formula is C13H15BrF3N. The van der Waals surface area contributed by atoms with Gasteiger partial charge in [0.15, 0.2) is 0 Å². The van der Waals surface area contributed by atoms with E-state index in [1.165, 1.54) is 0 Å². The monoisotopic (exact) mass is 321 g/mol. The maximum Gasteiger partial charge on any atom is 0.393 e. The summed E-state index contributed by atoms with van der Waals surface area (Å²) < 4.78 is 39.0. The zero-order valence-electron chi connectivity index (χ0n) is 9.88. The Morgan fingerprint density at radius 1 is 1.28 bits per heavy atom. The van der Waals surface area contributed by atoms with E-state index in [2.05, 4.69) is 15.9 Å². The van der Waals surface area contributed by atoms with E-state index in [1.807, 2.05) is 29.2 Å². The van der Waals surface area contributed by atoms with Gasteiger partial charge in [-0.1, -0.05) is 34.1 Å². The molecule has 0 amide bonds. The molecular weight excluding hydrogens is 307 g/mol. The Kier molecular flexibility index (Phi) is 4.33. The lowest BCUT2D eigenvalue weighted by Crippen LogP contribution is -2.41. The maximum atomic E-state index is 12.7. The maximum absolute atomic E-state index is 12.7. The summed E-state index contributed by atoms with van der Waals surface area (Å²) in [5.41, 5.74) is 1.04. The molecule has 1 saturated heterocycles. The minimum atomic E-state index is -4.06. The van der Waals surface area contributed by atoms with Gasteiger partial charge in [-0.3, -0.25) is 4.90 Å². The Morgan fingerprint density at radius 3 is 2.67 bits per heavy atom. The lowest BCUT2D eigenvalue weighted by Gasteiger charge is -2.33. The number of likely N-dealkylation sites (tertiary alicyclic amines) is 1. The molecule has 0 N–H and O–H groups in total. The molecule has 100 valence electrons. The molecule has 1 aliphatic rings. The van der Waals surface area contributed by atoms with Crippen LogP contribution < -0.4 is 0 Å². The largest absolute Gasteiger partial charge is 0.393 e. The van der Waals surface area contributed by atoms with Crippen LogP contribution in [0.25, 0.3) is 0 Å². The summed E-state index contributed by atoms with van der Waals surface area (Å²) in [4.78, 5) is 1.89. The smallest absolute Gasteiger partial charge is 0.298 e. The van der Waals surface area contributed by atoms with Crippen molar-refractivity contribution in [3.63, 3.8) is 0 Å². The fraction of sp³-hybridized carbons (Fsp3) is 0.538. The third-order valence-corrected chi connectivity index (χ3v) is 4.09. The highest BCUT2D eigenvalue weighted by molar-refractivity contribution is 9.10. The molecule has 0 spiro atoms. The molecule has 1 atom stereocenters. The van der Waals surface area contributed by atoms with Crippen LogP contribution in [0.5, 0.6) is 0 Å². The Balaban J connectivity index is 2.00. The van der Waals surface area contributed by atoms with Gasteiger partial charge in [0.25, 0.3) is 0 Å². The Morgan fingerprint density at radius 2 is 2.00 bits per heavy atom. The van der Waals surface area contributed by atoms with Crippen LogP contribution in [0.4, 0.5) is 13.2 Å². The van der Waals surface area contributed by atoms with E-state index in [9.17, 15) is 13.2 Å². The van der Waals surface area contributed by atoms with E-state index in [0.717, 1.165) is 16.6 Å². The standard InChI is InChI=1S/C13H15BrF3N/c14-12-6-2-1-4-10(12)8-18-7-3-5-11(9-18)13(15,16)17/h1-2,4,6,11H,3,5,7-9H2/t11-/m0/s1. The zero-order chi connectivity index (χ0) is 13.2. The van der Waals surface area contributed by atoms with E-state index >= 15 is 0 Å². The summed E-state index contributed by atoms with van der Waals surface area (Å²) in [6.07, 6.45) is -3.18. The highest BCUT2D eigenvalue weighted by atomic mass is 79.9. The summed E-state index contributed by atoms with van der Waals surface area (Å²) in [6, 6.07) is 7.68. The van der Waals surface area contributed by atoms with Crippen molar-refractivity contribution < 1.29 is 13.2 Å². The van der Waals surface area contributed by atoms with Gasteiger partial charge in [0.1, 0.15) is 0 Å². The predicted molar refractivity (Wildman–Crippen MR) is 68.2 cm³/mol. The van der Waals surface area contributed by atoms with Crippen molar-refractivity contribution in [3.8, 4) is 0 Å². The SMILES string of the molecule is FC(F)(F)[C@H]1CCCN(Cc2ccccc2Br)C1. The van der Waals surface area contributed by atoms with E-state index in [1.54, 1.807) is 0 Å². The van der Waals surface area contributed by atoms with Crippen LogP contribution in [0.3, 0.4) is 0 Å². The van der Waals surface area contributed by atoms with Gasteiger partial charge in [0.2, 0.25) is 0 Å². The fourth-order valence-corrected chi connectivity index (χ4v) is 2.74. The molecule has 1 heterocycles. The van der Waals surface area contributed by atoms with Gasteiger partial charge in [0.05, 0.1) is 5.92 Å². The van der Waals surface area contributed by atoms with Crippen molar-refractivity contribution in [1.29, 1.82) is 0 Å². The lowest BCUT2D eigenvalue weighted by atomic mass is 9.97. The molecule has 0 aliphatic carbocycles. The van der Waals surface area contributed by atoms with E-state index < -0.39 is 12.1 Å². The number of halogens is 4. The molecule has 0 saturated carbocycles. The van der Waals surface area contributed by atoms with Crippen LogP contribution in [-0.2, 0) is 6.54 Å². The van der Waals surface area contributed by atoms with Crippen LogP contribution in [0.15, 0.2) is 28.7 Å². The molecule has 0 radical (unpaired) electrons. The average Bonchev–Trinajstić information content (AvgIpc) is 2.31. The highest BCUT2D eigenvalue weighted by Crippen LogP contribution is 2.33. The number of hydrogen-bond donors (Lipinski definition) is 0. The first kappa shape index (κ1) is 13.9. The van der Waals surface area contributed by atoms with Crippen molar-refractivity contribution in [2.45, 2.75) is 25.6 Å². The average molecular weight is 322 g/mol. The van der Waals surface area contributed by atoms with Gasteiger partial charge in [-0.2, -0.15) is 13.2 Å². The van der Waals surface area contributed by atoms with Crippen molar-refractivity contribution in [2.75, 3.05) is 13.1 Å². The normalized spacial score (nSPS) is 22.1. The van der Waals surface area contributed by atoms with Crippen molar-refractivity contribution in [3.05, 3.63) is 34.3 Å². The Bertz CT molecular complexity index is 405. The Hall–Kier alpha value is -0.550. The molecule has 1 nitrogen and oxygen atoms in total. The van der Waals surface area contributed by atoms with Crippen LogP contribution in [0.2, 0.25) is 0 Å². The van der Waals surface area contributed by atoms with Gasteiger partial charge in [-0.15, -0.1) is 0 Å². The van der Waals surface area contributed by atoms with Gasteiger partial charge < -0.3 is 0 Å². The highest BCUT2D eigenvalue weighted by Gasteiger charge is 2.41. The lowest BCUT2D eigenvalue weighted by molar-refractivity contribution is -0.187. The summed E-state index contributed by atoms with van der Waals surface area (Å²) in [5, 5.41) is 0. The van der Waals surface area contributed by atoms with Crippen LogP contribution in [0, 0.1) is 5.92 Å². The topological polar surface area (TPSA) is 3.24 Å². The van der Waals surface area contributed by atoms with Crippen LogP contribution in [0.1, 0.15) is 18.4 Å². The number of piperidine rings is 1. The number of nitrogens with zero attached hydrogens (tertiary/aromatic N) is 1. The van der Waals surface area contributed by atoms with Crippen LogP contribution in [-0.4, -0.2) is 24.2 Å². The minimum absolute atomic E-state index is 0.116. The molecule has 1 aromatic rings. The predicted octanol–water partition coefficient (Wildman–Crippen LogP) is 4.22. The Labute approximate surface area is 113 Å². The van der Waals surface area contributed by atoms with E-state index in [0.29, 0.717) is 13.0 Å². The van der Waals surface area contributed by atoms with Crippen molar-refractivity contribution in [2.24, 2.45) is 5.92 Å². The first-order valence-electron chi connectivity index (χ1n) is 5.99. The van der Waals surface area contributed by atoms with Gasteiger partial charge in [-0.05, 0) is 31.0 Å². The van der Waals surface area contributed by atoms with Crippen LogP contribution >= 0.6 is 15.9 Å². The zero-order valence-corrected chi connectivity index (χ0v) is 11.5. The minimum Gasteiger partial charge on any atom is -0.298 e. The summed E-state index contributed by atoms with van der Waals surface area (Å²) in [5.74, 6) is -1.17. The molecule has 5 heteroatoms. The first-order chi connectivity index (χ1) is 8.47. The van der Waals surface area contributed by atoms with E-state index in [4.69, 9.17) is 0 Å². The second-order valence-corrected chi connectivity index (χ2v) is 5.56. The number of rotatable bonds is 2. The third-order valence-electron chi connectivity index (χ3n) is 3.32. The molecule has 0 bridgehead atoms. The van der Waals surface area contributed by atoms with Crippen molar-refractivity contribution in [1.82, 2.24) is 4.90 Å². The van der Waals surface area contributed by atoms with Gasteiger partial charge in [0, 0.05) is 17.6 Å². The molecule has 2 rings (SSSR count). The molecule has 0 unspecified atom stereocenters. The van der Waals surface area contributed by atoms with Gasteiger partial charge >= 0.3 is 6.18 Å². The third kappa shape index (κ3) is 3.48. The van der Waals surface area contributed by atoms with Gasteiger partial charge in [-0.25, -0.2) is 0 Å². The molecule has 0 aromatic heterocycles. The summed E-state index contributed by atoms with van der Waals surface area (Å²) in [7, 11) is 0. The van der Waals surface area contributed by atoms with Crippen molar-refractivity contribution >= 4 is 15.9 Å². The molecule has 18 heavy (non-hydrogen) atoms. The second kappa shape index (κ2) is 5.61. The molecule has 1 aliphatic heterocycles. The molecule has 1 aromatic carbocycles. The summed E-state index contributed by atoms with van der Waals surface area (Å²) in [6.45, 7) is 1.44. The number of benzene rings is 1.